The number of fused-ring (bicyclic) bond motifs is 1. The van der Waals surface area contributed by atoms with Crippen molar-refractivity contribution in [2.75, 3.05) is 6.61 Å². The maximum atomic E-state index is 14.0. The zero-order valence-electron chi connectivity index (χ0n) is 10.6. The Morgan fingerprint density at radius 3 is 2.52 bits per heavy atom. The van der Waals surface area contributed by atoms with Gasteiger partial charge in [0, 0.05) is 22.6 Å². The van der Waals surface area contributed by atoms with Gasteiger partial charge in [-0.05, 0) is 29.8 Å². The molecule has 1 heterocycles. The first kappa shape index (κ1) is 14.9. The van der Waals surface area contributed by atoms with E-state index in [1.807, 2.05) is 0 Å². The van der Waals surface area contributed by atoms with Crippen LogP contribution in [-0.2, 0) is 6.42 Å². The Balaban J connectivity index is 2.11. The molecule has 2 aromatic rings. The highest BCUT2D eigenvalue weighted by atomic mass is 35.5. The number of halogens is 5. The summed E-state index contributed by atoms with van der Waals surface area (Å²) in [4.78, 5) is 0. The van der Waals surface area contributed by atoms with Crippen LogP contribution in [0, 0.1) is 11.6 Å². The Morgan fingerprint density at radius 1 is 1.00 bits per heavy atom. The summed E-state index contributed by atoms with van der Waals surface area (Å²) in [6, 6.07) is 5.30. The first-order valence-electron chi connectivity index (χ1n) is 6.21. The Labute approximate surface area is 135 Å². The molecule has 6 heteroatoms. The van der Waals surface area contributed by atoms with Gasteiger partial charge in [0.25, 0.3) is 0 Å². The van der Waals surface area contributed by atoms with Crippen molar-refractivity contribution in [1.29, 1.82) is 0 Å². The minimum atomic E-state index is -0.915. The predicted molar refractivity (Wildman–Crippen MR) is 79.7 cm³/mol. The van der Waals surface area contributed by atoms with Gasteiger partial charge in [-0.15, -0.1) is 11.6 Å². The molecule has 0 N–H and O–H groups in total. The number of benzene rings is 2. The van der Waals surface area contributed by atoms with Crippen molar-refractivity contribution >= 4 is 34.8 Å². The molecule has 1 aliphatic rings. The summed E-state index contributed by atoms with van der Waals surface area (Å²) in [5.74, 6) is -0.805. The van der Waals surface area contributed by atoms with Crippen molar-refractivity contribution in [3.8, 4) is 5.75 Å². The fraction of sp³-hybridized carbons (Fsp3) is 0.200. The van der Waals surface area contributed by atoms with E-state index in [1.54, 1.807) is 12.1 Å². The maximum absolute atomic E-state index is 14.0. The third-order valence-electron chi connectivity index (χ3n) is 3.36. The number of alkyl halides is 1. The van der Waals surface area contributed by atoms with Crippen LogP contribution in [0.15, 0.2) is 24.3 Å². The second kappa shape index (κ2) is 5.64. The molecule has 0 bridgehead atoms. The normalized spacial score (nSPS) is 14.7. The Kier molecular flexibility index (Phi) is 4.00. The van der Waals surface area contributed by atoms with Crippen molar-refractivity contribution in [1.82, 2.24) is 0 Å². The van der Waals surface area contributed by atoms with Crippen LogP contribution in [0.4, 0.5) is 8.78 Å². The molecule has 2 aromatic carbocycles. The van der Waals surface area contributed by atoms with E-state index in [0.717, 1.165) is 17.7 Å². The monoisotopic (exact) mass is 348 g/mol. The molecule has 1 atom stereocenters. The third kappa shape index (κ3) is 2.70. The Bertz CT molecular complexity index is 719. The van der Waals surface area contributed by atoms with E-state index < -0.39 is 17.0 Å². The van der Waals surface area contributed by atoms with Crippen LogP contribution in [0.2, 0.25) is 10.0 Å². The Hall–Kier alpha value is -1.03. The molecule has 0 aliphatic carbocycles. The molecular formula is C15H9Cl3F2O. The van der Waals surface area contributed by atoms with Gasteiger partial charge in [0.2, 0.25) is 0 Å². The summed E-state index contributed by atoms with van der Waals surface area (Å²) >= 11 is 17.9. The van der Waals surface area contributed by atoms with Crippen molar-refractivity contribution in [3.63, 3.8) is 0 Å². The summed E-state index contributed by atoms with van der Waals surface area (Å²) in [6.07, 6.45) is 0.712. The number of hydrogen-bond acceptors (Lipinski definition) is 1. The molecule has 3 rings (SSSR count). The summed E-state index contributed by atoms with van der Waals surface area (Å²) in [6.45, 7) is 0.518. The lowest BCUT2D eigenvalue weighted by atomic mass is 10.00. The predicted octanol–water partition coefficient (Wildman–Crippen LogP) is 5.53. The standard InChI is InChI=1S/C15H9Cl3F2O/c16-8-3-7-1-2-21-15(7)10(4-8)14(18)9-5-13(20)11(17)6-12(9)19/h3-6,14H,1-2H2. The number of ether oxygens (including phenoxy) is 1. The van der Waals surface area contributed by atoms with Crippen LogP contribution in [0.3, 0.4) is 0 Å². The molecule has 1 aliphatic heterocycles. The van der Waals surface area contributed by atoms with Gasteiger partial charge < -0.3 is 4.74 Å². The molecule has 0 amide bonds. The minimum Gasteiger partial charge on any atom is -0.493 e. The highest BCUT2D eigenvalue weighted by Gasteiger charge is 2.26. The van der Waals surface area contributed by atoms with E-state index in [9.17, 15) is 8.78 Å². The zero-order chi connectivity index (χ0) is 15.1. The van der Waals surface area contributed by atoms with E-state index in [4.69, 9.17) is 39.5 Å². The maximum Gasteiger partial charge on any atom is 0.142 e. The molecule has 1 nitrogen and oxygen atoms in total. The van der Waals surface area contributed by atoms with Crippen molar-refractivity contribution in [2.45, 2.75) is 11.8 Å². The van der Waals surface area contributed by atoms with Crippen LogP contribution < -0.4 is 4.74 Å². The fourth-order valence-corrected chi connectivity index (χ4v) is 3.11. The van der Waals surface area contributed by atoms with Crippen molar-refractivity contribution < 1.29 is 13.5 Å². The van der Waals surface area contributed by atoms with Crippen molar-refractivity contribution in [3.05, 3.63) is 62.6 Å². The topological polar surface area (TPSA) is 9.23 Å². The average molecular weight is 350 g/mol. The molecule has 0 saturated carbocycles. The summed E-state index contributed by atoms with van der Waals surface area (Å²) in [5.41, 5.74) is 1.44. The second-order valence-electron chi connectivity index (χ2n) is 4.73. The SMILES string of the molecule is Fc1cc(C(Cl)c2cc(Cl)cc3c2OCC3)c(F)cc1Cl. The van der Waals surface area contributed by atoms with Gasteiger partial charge in [0.05, 0.1) is 17.0 Å². The average Bonchev–Trinajstić information content (AvgIpc) is 2.89. The number of rotatable bonds is 2. The van der Waals surface area contributed by atoms with Crippen LogP contribution in [0.1, 0.15) is 22.1 Å². The number of hydrogen-bond donors (Lipinski definition) is 0. The summed E-state index contributed by atoms with van der Waals surface area (Å²) in [5, 5.41) is -0.718. The van der Waals surface area contributed by atoms with Crippen LogP contribution in [-0.4, -0.2) is 6.61 Å². The van der Waals surface area contributed by atoms with Gasteiger partial charge in [-0.3, -0.25) is 0 Å². The highest BCUT2D eigenvalue weighted by molar-refractivity contribution is 6.31. The van der Waals surface area contributed by atoms with Crippen LogP contribution in [0.25, 0.3) is 0 Å². The Morgan fingerprint density at radius 2 is 1.76 bits per heavy atom. The molecule has 0 radical (unpaired) electrons. The molecule has 0 fully saturated rings. The molecular weight excluding hydrogens is 341 g/mol. The first-order valence-corrected chi connectivity index (χ1v) is 7.40. The van der Waals surface area contributed by atoms with Crippen molar-refractivity contribution in [2.24, 2.45) is 0 Å². The zero-order valence-corrected chi connectivity index (χ0v) is 12.9. The van der Waals surface area contributed by atoms with Gasteiger partial charge in [0.15, 0.2) is 0 Å². The van der Waals surface area contributed by atoms with Gasteiger partial charge >= 0.3 is 0 Å². The van der Waals surface area contributed by atoms with Gasteiger partial charge in [0.1, 0.15) is 17.4 Å². The molecule has 0 aromatic heterocycles. The van der Waals surface area contributed by atoms with Crippen LogP contribution in [0.5, 0.6) is 5.75 Å². The molecule has 0 spiro atoms. The lowest BCUT2D eigenvalue weighted by Crippen LogP contribution is -2.01. The van der Waals surface area contributed by atoms with E-state index >= 15 is 0 Å². The molecule has 1 unspecified atom stereocenters. The molecule has 21 heavy (non-hydrogen) atoms. The van der Waals surface area contributed by atoms with Gasteiger partial charge in [-0.2, -0.15) is 0 Å². The second-order valence-corrected chi connectivity index (χ2v) is 6.01. The van der Waals surface area contributed by atoms with E-state index in [1.165, 1.54) is 0 Å². The van der Waals surface area contributed by atoms with E-state index in [0.29, 0.717) is 29.4 Å². The highest BCUT2D eigenvalue weighted by Crippen LogP contribution is 2.42. The summed E-state index contributed by atoms with van der Waals surface area (Å²) < 4.78 is 33.1. The third-order valence-corrected chi connectivity index (χ3v) is 4.34. The van der Waals surface area contributed by atoms with Crippen LogP contribution >= 0.6 is 34.8 Å². The lowest BCUT2D eigenvalue weighted by Gasteiger charge is -2.16. The quantitative estimate of drug-likeness (QED) is 0.511. The first-order chi connectivity index (χ1) is 9.97. The molecule has 110 valence electrons. The van der Waals surface area contributed by atoms with E-state index in [-0.39, 0.29) is 10.6 Å². The minimum absolute atomic E-state index is 0.00136. The lowest BCUT2D eigenvalue weighted by molar-refractivity contribution is 0.353. The fourth-order valence-electron chi connectivity index (χ4n) is 2.39. The largest absolute Gasteiger partial charge is 0.493 e. The van der Waals surface area contributed by atoms with E-state index in [2.05, 4.69) is 0 Å². The van der Waals surface area contributed by atoms with Gasteiger partial charge in [-0.25, -0.2) is 8.78 Å². The van der Waals surface area contributed by atoms with Gasteiger partial charge in [-0.1, -0.05) is 23.2 Å². The molecule has 0 saturated heterocycles. The summed E-state index contributed by atoms with van der Waals surface area (Å²) in [7, 11) is 0. The smallest absolute Gasteiger partial charge is 0.142 e.